The molecular weight excluding hydrogens is 234 g/mol. The molecule has 16 heavy (non-hydrogen) atoms. The van der Waals surface area contributed by atoms with Crippen LogP contribution in [0.1, 0.15) is 11.8 Å². The van der Waals surface area contributed by atoms with Crippen molar-refractivity contribution in [2.24, 2.45) is 0 Å². The summed E-state index contributed by atoms with van der Waals surface area (Å²) in [6.45, 7) is -0.362. The number of nitrogens with zero attached hydrogens (tertiary/aromatic N) is 1. The van der Waals surface area contributed by atoms with Crippen molar-refractivity contribution in [1.82, 2.24) is 4.98 Å². The van der Waals surface area contributed by atoms with Crippen molar-refractivity contribution in [2.45, 2.75) is 24.4 Å². The average molecular weight is 246 g/mol. The Morgan fingerprint density at radius 1 is 1.38 bits per heavy atom. The molecular formula is C10H12ClNO4. The highest BCUT2D eigenvalue weighted by Gasteiger charge is 2.44. The monoisotopic (exact) mass is 245 g/mol. The normalized spacial score (nSPS) is 34.2. The summed E-state index contributed by atoms with van der Waals surface area (Å²) in [6, 6.07) is 3.28. The van der Waals surface area contributed by atoms with Gasteiger partial charge in [0.15, 0.2) is 0 Å². The third-order valence-electron chi connectivity index (χ3n) is 2.60. The van der Waals surface area contributed by atoms with E-state index in [0.717, 1.165) is 0 Å². The van der Waals surface area contributed by atoms with Crippen LogP contribution in [0.25, 0.3) is 0 Å². The molecule has 0 spiro atoms. The van der Waals surface area contributed by atoms with Gasteiger partial charge < -0.3 is 20.1 Å². The van der Waals surface area contributed by atoms with Gasteiger partial charge in [-0.05, 0) is 12.1 Å². The van der Waals surface area contributed by atoms with Crippen molar-refractivity contribution in [3.63, 3.8) is 0 Å². The molecule has 4 atom stereocenters. The number of pyridine rings is 1. The summed E-state index contributed by atoms with van der Waals surface area (Å²) >= 11 is 5.91. The third-order valence-corrected chi connectivity index (χ3v) is 2.92. The van der Waals surface area contributed by atoms with Crippen molar-refractivity contribution in [3.05, 3.63) is 29.0 Å². The van der Waals surface area contributed by atoms with Gasteiger partial charge in [0.1, 0.15) is 24.4 Å². The quantitative estimate of drug-likeness (QED) is 0.677. The van der Waals surface area contributed by atoms with Crippen molar-refractivity contribution < 1.29 is 20.1 Å². The van der Waals surface area contributed by atoms with Gasteiger partial charge in [-0.2, -0.15) is 0 Å². The molecule has 1 saturated heterocycles. The van der Waals surface area contributed by atoms with E-state index in [1.807, 2.05) is 0 Å². The Bertz CT molecular complexity index is 376. The van der Waals surface area contributed by atoms with E-state index in [-0.39, 0.29) is 6.61 Å². The number of aliphatic hydroxyl groups excluding tert-OH is 3. The highest BCUT2D eigenvalue weighted by atomic mass is 35.5. The first-order valence-electron chi connectivity index (χ1n) is 4.88. The highest BCUT2D eigenvalue weighted by Crippen LogP contribution is 2.35. The maximum atomic E-state index is 9.75. The first-order valence-corrected chi connectivity index (χ1v) is 5.26. The van der Waals surface area contributed by atoms with E-state index in [0.29, 0.717) is 10.7 Å². The molecule has 0 bridgehead atoms. The van der Waals surface area contributed by atoms with E-state index >= 15 is 0 Å². The second kappa shape index (κ2) is 4.65. The molecule has 0 aliphatic carbocycles. The average Bonchev–Trinajstić information content (AvgIpc) is 2.57. The largest absolute Gasteiger partial charge is 0.394 e. The number of hydrogen-bond donors (Lipinski definition) is 3. The van der Waals surface area contributed by atoms with Crippen molar-refractivity contribution in [1.29, 1.82) is 0 Å². The van der Waals surface area contributed by atoms with Crippen molar-refractivity contribution >= 4 is 11.6 Å². The minimum atomic E-state index is -1.13. The molecule has 1 aliphatic heterocycles. The zero-order valence-corrected chi connectivity index (χ0v) is 9.08. The Labute approximate surface area is 97.3 Å². The number of rotatable bonds is 2. The molecule has 0 unspecified atom stereocenters. The van der Waals surface area contributed by atoms with Gasteiger partial charge in [-0.25, -0.2) is 0 Å². The first-order chi connectivity index (χ1) is 7.65. The lowest BCUT2D eigenvalue weighted by Crippen LogP contribution is -2.32. The Morgan fingerprint density at radius 2 is 2.12 bits per heavy atom. The molecule has 0 saturated carbocycles. The highest BCUT2D eigenvalue weighted by molar-refractivity contribution is 6.31. The zero-order valence-electron chi connectivity index (χ0n) is 8.32. The molecule has 1 fully saturated rings. The first kappa shape index (κ1) is 11.8. The summed E-state index contributed by atoms with van der Waals surface area (Å²) in [7, 11) is 0. The van der Waals surface area contributed by atoms with Crippen LogP contribution in [0.3, 0.4) is 0 Å². The molecule has 5 nitrogen and oxygen atoms in total. The smallest absolute Gasteiger partial charge is 0.130 e. The molecule has 2 rings (SSSR count). The van der Waals surface area contributed by atoms with Crippen LogP contribution in [-0.2, 0) is 4.74 Å². The van der Waals surface area contributed by atoms with Gasteiger partial charge in [-0.15, -0.1) is 0 Å². The van der Waals surface area contributed by atoms with Crippen LogP contribution in [0.2, 0.25) is 5.02 Å². The SMILES string of the molecule is OC[C@H]1O[C@H](c2ncccc2Cl)[C@H](O)[C@@H]1O. The number of aliphatic hydroxyl groups is 3. The van der Waals surface area contributed by atoms with Crippen LogP contribution in [0, 0.1) is 0 Å². The fourth-order valence-corrected chi connectivity index (χ4v) is 1.96. The Balaban J connectivity index is 2.26. The van der Waals surface area contributed by atoms with Crippen LogP contribution in [-0.4, -0.2) is 45.2 Å². The molecule has 3 N–H and O–H groups in total. The van der Waals surface area contributed by atoms with E-state index in [2.05, 4.69) is 4.98 Å². The van der Waals surface area contributed by atoms with Crippen LogP contribution >= 0.6 is 11.6 Å². The van der Waals surface area contributed by atoms with E-state index in [1.165, 1.54) is 6.20 Å². The van der Waals surface area contributed by atoms with Crippen LogP contribution in [0.15, 0.2) is 18.3 Å². The van der Waals surface area contributed by atoms with E-state index in [1.54, 1.807) is 12.1 Å². The summed E-state index contributed by atoms with van der Waals surface area (Å²) < 4.78 is 5.31. The van der Waals surface area contributed by atoms with Gasteiger partial charge in [-0.1, -0.05) is 11.6 Å². The number of halogens is 1. The topological polar surface area (TPSA) is 82.8 Å². The Hall–Kier alpha value is -0.720. The fraction of sp³-hybridized carbons (Fsp3) is 0.500. The summed E-state index contributed by atoms with van der Waals surface area (Å²) in [5, 5.41) is 28.6. The molecule has 0 amide bonds. The summed E-state index contributed by atoms with van der Waals surface area (Å²) in [6.07, 6.45) is -2.35. The standard InChI is InChI=1S/C10H12ClNO4/c11-5-2-1-3-12-7(5)10-9(15)8(14)6(4-13)16-10/h1-3,6,8-10,13-15H,4H2/t6-,8-,9-,10-/m1/s1. The van der Waals surface area contributed by atoms with Gasteiger partial charge in [0.05, 0.1) is 17.3 Å². The molecule has 1 aromatic heterocycles. The second-order valence-corrected chi connectivity index (χ2v) is 4.04. The predicted molar refractivity (Wildman–Crippen MR) is 56.0 cm³/mol. The molecule has 1 aliphatic rings. The van der Waals surface area contributed by atoms with Gasteiger partial charge >= 0.3 is 0 Å². The van der Waals surface area contributed by atoms with Crippen molar-refractivity contribution in [2.75, 3.05) is 6.61 Å². The second-order valence-electron chi connectivity index (χ2n) is 3.63. The van der Waals surface area contributed by atoms with Crippen LogP contribution < -0.4 is 0 Å². The lowest BCUT2D eigenvalue weighted by Gasteiger charge is -2.14. The third kappa shape index (κ3) is 1.92. The van der Waals surface area contributed by atoms with Gasteiger partial charge in [-0.3, -0.25) is 4.98 Å². The minimum Gasteiger partial charge on any atom is -0.394 e. The van der Waals surface area contributed by atoms with Gasteiger partial charge in [0.25, 0.3) is 0 Å². The summed E-state index contributed by atoms with van der Waals surface area (Å²) in [4.78, 5) is 4.00. The number of aromatic nitrogens is 1. The molecule has 2 heterocycles. The minimum absolute atomic E-state index is 0.359. The van der Waals surface area contributed by atoms with Crippen molar-refractivity contribution in [3.8, 4) is 0 Å². The van der Waals surface area contributed by atoms with Gasteiger partial charge in [0, 0.05) is 6.20 Å². The molecule has 6 heteroatoms. The van der Waals surface area contributed by atoms with Crippen LogP contribution in [0.5, 0.6) is 0 Å². The van der Waals surface area contributed by atoms with E-state index in [9.17, 15) is 10.2 Å². The summed E-state index contributed by atoms with van der Waals surface area (Å²) in [5.74, 6) is 0. The molecule has 1 aromatic rings. The van der Waals surface area contributed by atoms with E-state index < -0.39 is 24.4 Å². The number of hydrogen-bond acceptors (Lipinski definition) is 5. The molecule has 0 aromatic carbocycles. The van der Waals surface area contributed by atoms with E-state index in [4.69, 9.17) is 21.4 Å². The van der Waals surface area contributed by atoms with Crippen LogP contribution in [0.4, 0.5) is 0 Å². The Kier molecular flexibility index (Phi) is 3.41. The maximum Gasteiger partial charge on any atom is 0.130 e. The lowest BCUT2D eigenvalue weighted by molar-refractivity contribution is -0.0239. The zero-order chi connectivity index (χ0) is 11.7. The van der Waals surface area contributed by atoms with Gasteiger partial charge in [0.2, 0.25) is 0 Å². The maximum absolute atomic E-state index is 9.75. The molecule has 0 radical (unpaired) electrons. The lowest BCUT2D eigenvalue weighted by atomic mass is 10.1. The fourth-order valence-electron chi connectivity index (χ4n) is 1.73. The summed E-state index contributed by atoms with van der Waals surface area (Å²) in [5.41, 5.74) is 0.367. The Morgan fingerprint density at radius 3 is 2.69 bits per heavy atom. The number of ether oxygens (including phenoxy) is 1. The molecule has 88 valence electrons. The predicted octanol–water partition coefficient (Wildman–Crippen LogP) is -0.111.